The molecule has 0 spiro atoms. The van der Waals surface area contributed by atoms with Crippen LogP contribution in [0.2, 0.25) is 0 Å². The summed E-state index contributed by atoms with van der Waals surface area (Å²) in [4.78, 5) is 44.3. The number of allylic oxidation sites excluding steroid dienone is 1. The number of piperidine rings is 1. The Morgan fingerprint density at radius 1 is 1.16 bits per heavy atom. The van der Waals surface area contributed by atoms with Crippen molar-refractivity contribution in [3.8, 4) is 5.69 Å². The number of aliphatic imine (C=N–C) groups is 1. The fraction of sp³-hybridized carbons (Fsp3) is 0.407. The smallest absolute Gasteiger partial charge is 0.410 e. The molecule has 0 aliphatic carbocycles. The summed E-state index contributed by atoms with van der Waals surface area (Å²) in [6.45, 7) is 8.15. The third-order valence-electron chi connectivity index (χ3n) is 6.00. The molecule has 37 heavy (non-hydrogen) atoms. The molecule has 9 nitrogen and oxygen atoms in total. The molecule has 0 atom stereocenters. The molecule has 0 saturated carbocycles. The van der Waals surface area contributed by atoms with Gasteiger partial charge in [-0.2, -0.15) is 0 Å². The standard InChI is InChI=1S/C27H33FN4O5/c1-17-22(16-32(21-8-6-19(28)7-9-21)24(33)23(17)25(34)36-5)18(14-29)15-30-20-10-12-31(13-11-20)26(35)37-27(2,3)4/h6-9,14-16,20H,10-13,29H2,1-5H3. The highest BCUT2D eigenvalue weighted by atomic mass is 19.1. The number of aromatic nitrogens is 1. The number of pyridine rings is 1. The summed E-state index contributed by atoms with van der Waals surface area (Å²) in [5.41, 5.74) is 6.39. The number of nitrogens with two attached hydrogens (primary N) is 1. The number of ether oxygens (including phenoxy) is 2. The van der Waals surface area contributed by atoms with Crippen LogP contribution in [0.5, 0.6) is 0 Å². The molecule has 1 amide bonds. The van der Waals surface area contributed by atoms with Crippen molar-refractivity contribution in [1.82, 2.24) is 9.47 Å². The Bertz CT molecular complexity index is 1270. The molecule has 2 N–H and O–H groups in total. The summed E-state index contributed by atoms with van der Waals surface area (Å²) < 4.78 is 25.0. The van der Waals surface area contributed by atoms with Gasteiger partial charge >= 0.3 is 12.1 Å². The lowest BCUT2D eigenvalue weighted by Crippen LogP contribution is -2.42. The van der Waals surface area contributed by atoms with E-state index in [0.717, 1.165) is 0 Å². The highest BCUT2D eigenvalue weighted by Crippen LogP contribution is 2.23. The number of benzene rings is 1. The molecule has 0 unspecified atom stereocenters. The molecule has 1 aliphatic rings. The monoisotopic (exact) mass is 512 g/mol. The van der Waals surface area contributed by atoms with Gasteiger partial charge in [-0.15, -0.1) is 0 Å². The first-order valence-corrected chi connectivity index (χ1v) is 12.0. The molecular formula is C27H33FN4O5. The lowest BCUT2D eigenvalue weighted by Gasteiger charge is -2.32. The van der Waals surface area contributed by atoms with Crippen LogP contribution in [0.15, 0.2) is 46.4 Å². The summed E-state index contributed by atoms with van der Waals surface area (Å²) in [6.07, 6.45) is 5.46. The van der Waals surface area contributed by atoms with Crippen LogP contribution in [0.1, 0.15) is 55.1 Å². The molecular weight excluding hydrogens is 479 g/mol. The van der Waals surface area contributed by atoms with Crippen LogP contribution in [0.4, 0.5) is 9.18 Å². The molecule has 1 saturated heterocycles. The average Bonchev–Trinajstić information content (AvgIpc) is 2.85. The number of hydrogen-bond acceptors (Lipinski definition) is 7. The highest BCUT2D eigenvalue weighted by molar-refractivity contribution is 6.11. The topological polar surface area (TPSA) is 116 Å². The van der Waals surface area contributed by atoms with E-state index in [-0.39, 0.29) is 17.7 Å². The van der Waals surface area contributed by atoms with E-state index in [9.17, 15) is 18.8 Å². The maximum Gasteiger partial charge on any atom is 0.410 e. The number of halogens is 1. The molecule has 1 fully saturated rings. The average molecular weight is 513 g/mol. The van der Waals surface area contributed by atoms with E-state index < -0.39 is 22.9 Å². The third kappa shape index (κ3) is 6.63. The van der Waals surface area contributed by atoms with Crippen molar-refractivity contribution in [3.05, 3.63) is 69.5 Å². The number of esters is 1. The van der Waals surface area contributed by atoms with Gasteiger partial charge in [0, 0.05) is 48.5 Å². The number of likely N-dealkylation sites (tertiary alicyclic amines) is 1. The summed E-state index contributed by atoms with van der Waals surface area (Å²) in [5.74, 6) is -1.24. The number of carbonyl (C=O) groups is 2. The minimum Gasteiger partial charge on any atom is -0.465 e. The third-order valence-corrected chi connectivity index (χ3v) is 6.00. The van der Waals surface area contributed by atoms with Crippen LogP contribution in [-0.2, 0) is 9.47 Å². The Hall–Kier alpha value is -3.95. The zero-order chi connectivity index (χ0) is 27.3. The molecule has 0 radical (unpaired) electrons. The molecule has 1 aromatic heterocycles. The second-order valence-corrected chi connectivity index (χ2v) is 9.78. The zero-order valence-corrected chi connectivity index (χ0v) is 21.8. The van der Waals surface area contributed by atoms with Crippen molar-refractivity contribution in [2.75, 3.05) is 20.2 Å². The van der Waals surface area contributed by atoms with E-state index in [2.05, 4.69) is 4.99 Å². The van der Waals surface area contributed by atoms with Gasteiger partial charge in [-0.05, 0) is 70.4 Å². The predicted octanol–water partition coefficient (Wildman–Crippen LogP) is 3.84. The summed E-state index contributed by atoms with van der Waals surface area (Å²) in [6, 6.07) is 5.29. The van der Waals surface area contributed by atoms with Crippen molar-refractivity contribution in [2.45, 2.75) is 52.2 Å². The van der Waals surface area contributed by atoms with Crippen LogP contribution >= 0.6 is 0 Å². The number of amides is 1. The van der Waals surface area contributed by atoms with Crippen LogP contribution in [0.25, 0.3) is 11.3 Å². The number of methoxy groups -OCH3 is 1. The number of hydrogen-bond donors (Lipinski definition) is 1. The van der Waals surface area contributed by atoms with Gasteiger partial charge in [-0.25, -0.2) is 14.0 Å². The number of carbonyl (C=O) groups excluding carboxylic acids is 2. The normalized spacial score (nSPS) is 15.2. The molecule has 198 valence electrons. The van der Waals surface area contributed by atoms with Crippen LogP contribution in [0.3, 0.4) is 0 Å². The summed E-state index contributed by atoms with van der Waals surface area (Å²) >= 11 is 0. The van der Waals surface area contributed by atoms with Crippen LogP contribution < -0.4 is 11.3 Å². The van der Waals surface area contributed by atoms with Gasteiger partial charge in [-0.1, -0.05) is 0 Å². The Labute approximate surface area is 215 Å². The van der Waals surface area contributed by atoms with Crippen molar-refractivity contribution in [1.29, 1.82) is 0 Å². The zero-order valence-electron chi connectivity index (χ0n) is 21.8. The molecule has 3 rings (SSSR count). The highest BCUT2D eigenvalue weighted by Gasteiger charge is 2.27. The van der Waals surface area contributed by atoms with E-state index in [1.165, 1.54) is 42.1 Å². The van der Waals surface area contributed by atoms with Crippen LogP contribution in [-0.4, -0.2) is 59.6 Å². The summed E-state index contributed by atoms with van der Waals surface area (Å²) in [7, 11) is 1.20. The SMILES string of the molecule is COC(=O)c1c(C)c(C(C=NC2CCN(C(=O)OC(C)(C)C)CC2)=CN)cn(-c2ccc(F)cc2)c1=O. The first-order valence-electron chi connectivity index (χ1n) is 12.0. The van der Waals surface area contributed by atoms with Crippen molar-refractivity contribution in [3.63, 3.8) is 0 Å². The predicted molar refractivity (Wildman–Crippen MR) is 140 cm³/mol. The second kappa shape index (κ2) is 11.4. The second-order valence-electron chi connectivity index (χ2n) is 9.78. The van der Waals surface area contributed by atoms with Gasteiger partial charge in [0.15, 0.2) is 0 Å². The molecule has 0 bridgehead atoms. The van der Waals surface area contributed by atoms with Crippen molar-refractivity contribution >= 4 is 23.9 Å². The lowest BCUT2D eigenvalue weighted by atomic mass is 9.99. The largest absolute Gasteiger partial charge is 0.465 e. The number of nitrogens with zero attached hydrogens (tertiary/aromatic N) is 3. The Kier molecular flexibility index (Phi) is 8.52. The fourth-order valence-corrected chi connectivity index (χ4v) is 4.04. The maximum atomic E-state index is 13.5. The van der Waals surface area contributed by atoms with E-state index in [1.54, 1.807) is 24.2 Å². The minimum atomic E-state index is -0.789. The first kappa shape index (κ1) is 27.6. The van der Waals surface area contributed by atoms with Gasteiger partial charge in [0.2, 0.25) is 0 Å². The molecule has 1 aliphatic heterocycles. The lowest BCUT2D eigenvalue weighted by molar-refractivity contribution is 0.0207. The number of rotatable bonds is 5. The summed E-state index contributed by atoms with van der Waals surface area (Å²) in [5, 5.41) is 0. The van der Waals surface area contributed by atoms with Crippen molar-refractivity contribution < 1.29 is 23.5 Å². The van der Waals surface area contributed by atoms with E-state index >= 15 is 0 Å². The van der Waals surface area contributed by atoms with Gasteiger partial charge in [-0.3, -0.25) is 14.4 Å². The van der Waals surface area contributed by atoms with E-state index in [1.807, 2.05) is 20.8 Å². The fourth-order valence-electron chi connectivity index (χ4n) is 4.04. The van der Waals surface area contributed by atoms with Crippen molar-refractivity contribution in [2.24, 2.45) is 10.7 Å². The molecule has 10 heteroatoms. The van der Waals surface area contributed by atoms with Gasteiger partial charge < -0.3 is 20.1 Å². The van der Waals surface area contributed by atoms with Gasteiger partial charge in [0.1, 0.15) is 17.0 Å². The van der Waals surface area contributed by atoms with Crippen LogP contribution in [0, 0.1) is 12.7 Å². The Balaban J connectivity index is 1.89. The van der Waals surface area contributed by atoms with E-state index in [0.29, 0.717) is 48.3 Å². The molecule has 2 aromatic rings. The first-order chi connectivity index (χ1) is 17.4. The molecule has 2 heterocycles. The van der Waals surface area contributed by atoms with E-state index in [4.69, 9.17) is 15.2 Å². The molecule has 1 aromatic carbocycles. The Morgan fingerprint density at radius 3 is 2.32 bits per heavy atom. The minimum absolute atomic E-state index is 0.0444. The Morgan fingerprint density at radius 2 is 1.78 bits per heavy atom. The maximum absolute atomic E-state index is 13.5. The quantitative estimate of drug-likeness (QED) is 0.481. The van der Waals surface area contributed by atoms with Gasteiger partial charge in [0.05, 0.1) is 13.2 Å². The van der Waals surface area contributed by atoms with Gasteiger partial charge in [0.25, 0.3) is 5.56 Å².